The Kier molecular flexibility index (Phi) is 5.74. The van der Waals surface area contributed by atoms with Crippen LogP contribution in [0.15, 0.2) is 54.6 Å². The van der Waals surface area contributed by atoms with Gasteiger partial charge in [0.25, 0.3) is 11.8 Å². The Morgan fingerprint density at radius 2 is 1.52 bits per heavy atom. The number of nitrogens with zero attached hydrogens (tertiary/aromatic N) is 1. The second-order valence-corrected chi connectivity index (χ2v) is 6.75. The van der Waals surface area contributed by atoms with E-state index in [1.165, 1.54) is 0 Å². The summed E-state index contributed by atoms with van der Waals surface area (Å²) in [6.07, 6.45) is -0.252. The standard InChI is InChI=1S/C21H20N2O6/c22-21(19(26)27,20(28)29-13-14-7-2-1-3-8-14)11-6-12-23-17(24)15-9-4-5-10-16(15)18(23)25/h1-5,7-10H,6,11-13,22H2,(H,26,27). The quantitative estimate of drug-likeness (QED) is 0.394. The van der Waals surface area contributed by atoms with E-state index >= 15 is 0 Å². The third-order valence-corrected chi connectivity index (χ3v) is 4.79. The van der Waals surface area contributed by atoms with Crippen LogP contribution < -0.4 is 5.73 Å². The minimum atomic E-state index is -2.27. The average molecular weight is 396 g/mol. The van der Waals surface area contributed by atoms with Gasteiger partial charge in [0.1, 0.15) is 6.61 Å². The molecule has 0 saturated carbocycles. The molecule has 8 heteroatoms. The lowest BCUT2D eigenvalue weighted by Crippen LogP contribution is -2.56. The molecular formula is C21H20N2O6. The van der Waals surface area contributed by atoms with Crippen LogP contribution in [-0.4, -0.2) is 45.8 Å². The molecule has 0 saturated heterocycles. The first kappa shape index (κ1) is 20.2. The molecule has 1 unspecified atom stereocenters. The summed E-state index contributed by atoms with van der Waals surface area (Å²) < 4.78 is 5.08. The Morgan fingerprint density at radius 3 is 2.07 bits per heavy atom. The second-order valence-electron chi connectivity index (χ2n) is 6.75. The second kappa shape index (κ2) is 8.24. The number of rotatable bonds is 8. The van der Waals surface area contributed by atoms with Crippen molar-refractivity contribution >= 4 is 23.8 Å². The summed E-state index contributed by atoms with van der Waals surface area (Å²) in [6, 6.07) is 15.2. The number of hydrogen-bond donors (Lipinski definition) is 2. The number of nitrogens with two attached hydrogens (primary N) is 1. The van der Waals surface area contributed by atoms with Crippen molar-refractivity contribution in [2.75, 3.05) is 6.54 Å². The number of imide groups is 1. The van der Waals surface area contributed by atoms with E-state index < -0.39 is 29.3 Å². The number of benzene rings is 2. The number of fused-ring (bicyclic) bond motifs is 1. The molecule has 3 N–H and O–H groups in total. The van der Waals surface area contributed by atoms with E-state index in [2.05, 4.69) is 0 Å². The van der Waals surface area contributed by atoms with Gasteiger partial charge in [-0.05, 0) is 30.5 Å². The summed E-state index contributed by atoms with van der Waals surface area (Å²) in [7, 11) is 0. The molecule has 0 aromatic heterocycles. The smallest absolute Gasteiger partial charge is 0.338 e. The molecule has 8 nitrogen and oxygen atoms in total. The molecule has 3 rings (SSSR count). The lowest BCUT2D eigenvalue weighted by molar-refractivity contribution is -0.162. The van der Waals surface area contributed by atoms with E-state index in [0.717, 1.165) is 4.90 Å². The average Bonchev–Trinajstić information content (AvgIpc) is 2.97. The van der Waals surface area contributed by atoms with Crippen LogP contribution in [0.3, 0.4) is 0 Å². The van der Waals surface area contributed by atoms with Gasteiger partial charge in [0.05, 0.1) is 11.1 Å². The Hall–Kier alpha value is -3.52. The van der Waals surface area contributed by atoms with Crippen molar-refractivity contribution < 1.29 is 29.0 Å². The van der Waals surface area contributed by atoms with Crippen molar-refractivity contribution in [3.05, 3.63) is 71.3 Å². The number of esters is 1. The first-order valence-corrected chi connectivity index (χ1v) is 9.03. The summed E-state index contributed by atoms with van der Waals surface area (Å²) in [5.74, 6) is -3.50. The van der Waals surface area contributed by atoms with Crippen LogP contribution in [0.4, 0.5) is 0 Å². The molecule has 0 radical (unpaired) electrons. The van der Waals surface area contributed by atoms with Gasteiger partial charge in [-0.25, -0.2) is 9.59 Å². The largest absolute Gasteiger partial charge is 0.479 e. The van der Waals surface area contributed by atoms with Crippen LogP contribution >= 0.6 is 0 Å². The number of carboxylic acid groups (broad SMARTS) is 1. The fraction of sp³-hybridized carbons (Fsp3) is 0.238. The van der Waals surface area contributed by atoms with Gasteiger partial charge in [0, 0.05) is 6.54 Å². The van der Waals surface area contributed by atoms with Gasteiger partial charge in [-0.3, -0.25) is 14.5 Å². The van der Waals surface area contributed by atoms with Crippen LogP contribution in [0, 0.1) is 0 Å². The molecule has 1 heterocycles. The van der Waals surface area contributed by atoms with Gasteiger partial charge >= 0.3 is 11.9 Å². The highest BCUT2D eigenvalue weighted by molar-refractivity contribution is 6.21. The maximum Gasteiger partial charge on any atom is 0.338 e. The van der Waals surface area contributed by atoms with Crippen molar-refractivity contribution in [1.29, 1.82) is 0 Å². The SMILES string of the molecule is NC(CCCN1C(=O)c2ccccc2C1=O)(C(=O)O)C(=O)OCc1ccccc1. The Labute approximate surface area is 166 Å². The van der Waals surface area contributed by atoms with E-state index in [1.807, 2.05) is 0 Å². The molecule has 1 atom stereocenters. The van der Waals surface area contributed by atoms with Crippen LogP contribution in [0.25, 0.3) is 0 Å². The molecule has 1 aliphatic heterocycles. The lowest BCUT2D eigenvalue weighted by atomic mass is 9.94. The third-order valence-electron chi connectivity index (χ3n) is 4.79. The minimum absolute atomic E-state index is 0.0364. The molecule has 0 fully saturated rings. The highest BCUT2D eigenvalue weighted by Crippen LogP contribution is 2.23. The zero-order valence-corrected chi connectivity index (χ0v) is 15.5. The van der Waals surface area contributed by atoms with Gasteiger partial charge in [0.2, 0.25) is 5.54 Å². The molecule has 2 aromatic carbocycles. The zero-order valence-electron chi connectivity index (χ0n) is 15.5. The maximum absolute atomic E-state index is 12.4. The molecule has 29 heavy (non-hydrogen) atoms. The monoisotopic (exact) mass is 396 g/mol. The number of carbonyl (C=O) groups excluding carboxylic acids is 3. The van der Waals surface area contributed by atoms with Crippen molar-refractivity contribution in [3.8, 4) is 0 Å². The highest BCUT2D eigenvalue weighted by Gasteiger charge is 2.44. The minimum Gasteiger partial charge on any atom is -0.479 e. The summed E-state index contributed by atoms with van der Waals surface area (Å²) >= 11 is 0. The normalized spacial score (nSPS) is 15.0. The number of carboxylic acids is 1. The van der Waals surface area contributed by atoms with E-state index in [1.54, 1.807) is 54.6 Å². The first-order valence-electron chi connectivity index (χ1n) is 9.03. The van der Waals surface area contributed by atoms with Gasteiger partial charge in [-0.15, -0.1) is 0 Å². The molecule has 1 aliphatic rings. The number of hydrogen-bond acceptors (Lipinski definition) is 6. The first-order chi connectivity index (χ1) is 13.8. The van der Waals surface area contributed by atoms with E-state index in [4.69, 9.17) is 10.5 Å². The van der Waals surface area contributed by atoms with Gasteiger partial charge in [0.15, 0.2) is 0 Å². The van der Waals surface area contributed by atoms with Crippen molar-refractivity contribution in [2.45, 2.75) is 25.0 Å². The van der Waals surface area contributed by atoms with Crippen LogP contribution in [0.2, 0.25) is 0 Å². The Morgan fingerprint density at radius 1 is 0.966 bits per heavy atom. The third kappa shape index (κ3) is 4.02. The van der Waals surface area contributed by atoms with Crippen LogP contribution in [-0.2, 0) is 20.9 Å². The molecule has 0 spiro atoms. The van der Waals surface area contributed by atoms with Crippen LogP contribution in [0.5, 0.6) is 0 Å². The summed E-state index contributed by atoms with van der Waals surface area (Å²) in [6.45, 7) is -0.158. The van der Waals surface area contributed by atoms with E-state index in [0.29, 0.717) is 16.7 Å². The number of ether oxygens (including phenoxy) is 1. The summed E-state index contributed by atoms with van der Waals surface area (Å²) in [5.41, 5.74) is 4.85. The number of amides is 2. The fourth-order valence-corrected chi connectivity index (χ4v) is 3.11. The molecule has 0 bridgehead atoms. The summed E-state index contributed by atoms with van der Waals surface area (Å²) in [4.78, 5) is 49.7. The van der Waals surface area contributed by atoms with Crippen molar-refractivity contribution in [1.82, 2.24) is 4.90 Å². The summed E-state index contributed by atoms with van der Waals surface area (Å²) in [5, 5.41) is 9.46. The lowest BCUT2D eigenvalue weighted by Gasteiger charge is -2.23. The maximum atomic E-state index is 12.4. The number of carbonyl (C=O) groups is 4. The molecule has 0 aliphatic carbocycles. The fourth-order valence-electron chi connectivity index (χ4n) is 3.11. The van der Waals surface area contributed by atoms with Gasteiger partial charge in [-0.1, -0.05) is 42.5 Å². The van der Waals surface area contributed by atoms with Gasteiger partial charge < -0.3 is 15.6 Å². The highest BCUT2D eigenvalue weighted by atomic mass is 16.5. The molecular weight excluding hydrogens is 376 g/mol. The Balaban J connectivity index is 1.61. The van der Waals surface area contributed by atoms with E-state index in [9.17, 15) is 24.3 Å². The topological polar surface area (TPSA) is 127 Å². The zero-order chi connectivity index (χ0) is 21.0. The van der Waals surface area contributed by atoms with Crippen molar-refractivity contribution in [3.63, 3.8) is 0 Å². The predicted molar refractivity (Wildman–Crippen MR) is 102 cm³/mol. The Bertz CT molecular complexity index is 924. The van der Waals surface area contributed by atoms with Crippen LogP contribution in [0.1, 0.15) is 39.1 Å². The van der Waals surface area contributed by atoms with E-state index in [-0.39, 0.29) is 26.0 Å². The predicted octanol–water partition coefficient (Wildman–Crippen LogP) is 1.59. The molecule has 2 aromatic rings. The van der Waals surface area contributed by atoms with Crippen molar-refractivity contribution in [2.24, 2.45) is 5.73 Å². The molecule has 150 valence electrons. The number of aliphatic carboxylic acids is 1. The molecule has 2 amide bonds. The van der Waals surface area contributed by atoms with Gasteiger partial charge in [-0.2, -0.15) is 0 Å².